The summed E-state index contributed by atoms with van der Waals surface area (Å²) >= 11 is 0. The first kappa shape index (κ1) is 33.1. The minimum Gasteiger partial charge on any atom is -0.324 e. The highest BCUT2D eigenvalue weighted by molar-refractivity contribution is 7.89. The van der Waals surface area contributed by atoms with Crippen LogP contribution in [0.4, 0.5) is 27.7 Å². The summed E-state index contributed by atoms with van der Waals surface area (Å²) in [5.41, 5.74) is 9.24. The van der Waals surface area contributed by atoms with Crippen LogP contribution in [0.3, 0.4) is 0 Å². The molecule has 13 nitrogen and oxygen atoms in total. The largest absolute Gasteiger partial charge is 0.324 e. The number of halogens is 1. The molecule has 0 aliphatic heterocycles. The molecule has 4 aromatic rings. The Balaban J connectivity index is 1.60. The average Bonchev–Trinajstić information content (AvgIpc) is 3.04. The van der Waals surface area contributed by atoms with E-state index < -0.39 is 20.0 Å². The van der Waals surface area contributed by atoms with Crippen molar-refractivity contribution in [3.63, 3.8) is 0 Å². The first-order chi connectivity index (χ1) is 21.3. The lowest BCUT2D eigenvalue weighted by atomic mass is 10.1. The van der Waals surface area contributed by atoms with Gasteiger partial charge in [-0.1, -0.05) is 24.3 Å². The molecule has 0 saturated carbocycles. The number of nitrogens with one attached hydrogen (secondary N) is 5. The summed E-state index contributed by atoms with van der Waals surface area (Å²) in [6.45, 7) is 5.13. The first-order valence-electron chi connectivity index (χ1n) is 13.4. The molecular formula is C29H32FN9O4S2. The van der Waals surface area contributed by atoms with Crippen LogP contribution in [0.25, 0.3) is 0 Å². The second-order valence-corrected chi connectivity index (χ2v) is 13.4. The molecule has 4 rings (SSSR count). The normalized spacial score (nSPS) is 12.6. The minimum absolute atomic E-state index is 0.127. The van der Waals surface area contributed by atoms with E-state index in [1.54, 1.807) is 63.2 Å². The van der Waals surface area contributed by atoms with Crippen molar-refractivity contribution in [1.82, 2.24) is 19.4 Å². The van der Waals surface area contributed by atoms with Crippen LogP contribution >= 0.6 is 0 Å². The maximum atomic E-state index is 13.8. The first-order valence-corrected chi connectivity index (χ1v) is 16.4. The number of nitrogens with zero attached hydrogens (tertiary/aromatic N) is 4. The Hall–Kier alpha value is -4.77. The second-order valence-electron chi connectivity index (χ2n) is 9.63. The molecular weight excluding hydrogens is 622 g/mol. The third-order valence-electron chi connectivity index (χ3n) is 6.52. The van der Waals surface area contributed by atoms with Crippen molar-refractivity contribution in [2.75, 3.05) is 30.3 Å². The summed E-state index contributed by atoms with van der Waals surface area (Å²) in [5, 5.41) is 11.8. The van der Waals surface area contributed by atoms with Crippen molar-refractivity contribution >= 4 is 54.7 Å². The van der Waals surface area contributed by atoms with Crippen LogP contribution in [0.15, 0.2) is 92.8 Å². The zero-order valence-electron chi connectivity index (χ0n) is 25.0. The summed E-state index contributed by atoms with van der Waals surface area (Å²) in [7, 11) is -4.45. The summed E-state index contributed by atoms with van der Waals surface area (Å²) < 4.78 is 66.5. The Bertz CT molecular complexity index is 1850. The van der Waals surface area contributed by atoms with Crippen molar-refractivity contribution in [2.45, 2.75) is 30.6 Å². The smallest absolute Gasteiger partial charge is 0.240 e. The van der Waals surface area contributed by atoms with E-state index in [2.05, 4.69) is 45.8 Å². The van der Waals surface area contributed by atoms with Gasteiger partial charge in [-0.05, 0) is 94.0 Å². The van der Waals surface area contributed by atoms with Crippen LogP contribution in [-0.4, -0.2) is 52.3 Å². The molecule has 236 valence electrons. The van der Waals surface area contributed by atoms with Crippen molar-refractivity contribution in [1.29, 1.82) is 0 Å². The number of rotatable bonds is 12. The van der Waals surface area contributed by atoms with E-state index in [0.717, 1.165) is 0 Å². The fourth-order valence-corrected chi connectivity index (χ4v) is 5.33. The summed E-state index contributed by atoms with van der Waals surface area (Å²) in [6, 6.07) is 18.5. The summed E-state index contributed by atoms with van der Waals surface area (Å²) in [5.74, 6) is 0.397. The highest BCUT2D eigenvalue weighted by atomic mass is 32.2. The van der Waals surface area contributed by atoms with Crippen molar-refractivity contribution < 1.29 is 21.2 Å². The van der Waals surface area contributed by atoms with E-state index in [0.29, 0.717) is 33.8 Å². The van der Waals surface area contributed by atoms with E-state index in [1.165, 1.54) is 44.4 Å². The molecule has 0 fully saturated rings. The minimum atomic E-state index is -3.57. The standard InChI is InChI=1S/C29H32FN9O4S2/c1-18-16-23(10-15-26(18)30)33-29-34-27(38-36-19(2)21-6-11-24(12-7-21)44(40,41)31-4)17-28(35-29)39-37-20(3)22-8-13-25(14-9-22)45(42,43)32-5/h6-17,31-32H,1-5H3,(H3,33,34,35,38,39). The number of sulfonamides is 2. The molecule has 16 heteroatoms. The Kier molecular flexibility index (Phi) is 10.2. The SMILES string of the molecule is CNS(=O)(=O)c1ccc(C(C)=NNc2cc(NN=C(C)c3ccc(S(=O)(=O)NC)cc3)nc(Nc3ccc(F)c(C)c3)n2)cc1. The molecule has 0 amide bonds. The van der Waals surface area contributed by atoms with Crippen molar-refractivity contribution in [2.24, 2.45) is 10.2 Å². The predicted octanol–water partition coefficient (Wildman–Crippen LogP) is 4.16. The van der Waals surface area contributed by atoms with Crippen molar-refractivity contribution in [3.8, 4) is 0 Å². The van der Waals surface area contributed by atoms with Gasteiger partial charge in [-0.3, -0.25) is 10.9 Å². The number of aromatic nitrogens is 2. The van der Waals surface area contributed by atoms with Crippen LogP contribution in [0.5, 0.6) is 0 Å². The van der Waals surface area contributed by atoms with Gasteiger partial charge in [0, 0.05) is 11.8 Å². The lowest BCUT2D eigenvalue weighted by molar-refractivity contribution is 0.586. The fraction of sp³-hybridized carbons (Fsp3) is 0.172. The van der Waals surface area contributed by atoms with Crippen LogP contribution in [0.2, 0.25) is 0 Å². The Labute approximate surface area is 261 Å². The number of benzene rings is 3. The van der Waals surface area contributed by atoms with E-state index in [1.807, 2.05) is 0 Å². The number of anilines is 4. The Morgan fingerprint density at radius 1 is 0.689 bits per heavy atom. The highest BCUT2D eigenvalue weighted by Crippen LogP contribution is 2.21. The lowest BCUT2D eigenvalue weighted by Crippen LogP contribution is -2.18. The number of hydrogen-bond donors (Lipinski definition) is 5. The molecule has 1 aromatic heterocycles. The van der Waals surface area contributed by atoms with E-state index >= 15 is 0 Å². The number of hydrogen-bond acceptors (Lipinski definition) is 11. The fourth-order valence-electron chi connectivity index (χ4n) is 3.87. The Morgan fingerprint density at radius 2 is 1.13 bits per heavy atom. The molecule has 1 heterocycles. The molecule has 0 saturated heterocycles. The molecule has 5 N–H and O–H groups in total. The van der Waals surface area contributed by atoms with Crippen molar-refractivity contribution in [3.05, 3.63) is 95.3 Å². The van der Waals surface area contributed by atoms with Gasteiger partial charge in [0.2, 0.25) is 26.0 Å². The number of aryl methyl sites for hydroxylation is 1. The summed E-state index contributed by atoms with van der Waals surface area (Å²) in [6.07, 6.45) is 0. The van der Waals surface area contributed by atoms with Gasteiger partial charge < -0.3 is 5.32 Å². The van der Waals surface area contributed by atoms with Crippen LogP contribution in [0, 0.1) is 12.7 Å². The van der Waals surface area contributed by atoms with Gasteiger partial charge in [0.1, 0.15) is 5.82 Å². The van der Waals surface area contributed by atoms with Gasteiger partial charge in [0.05, 0.1) is 21.2 Å². The van der Waals surface area contributed by atoms with E-state index in [-0.39, 0.29) is 33.2 Å². The van der Waals surface area contributed by atoms with Crippen LogP contribution in [-0.2, 0) is 20.0 Å². The monoisotopic (exact) mass is 653 g/mol. The highest BCUT2D eigenvalue weighted by Gasteiger charge is 2.13. The van der Waals surface area contributed by atoms with Gasteiger partial charge in [0.25, 0.3) is 0 Å². The predicted molar refractivity (Wildman–Crippen MR) is 173 cm³/mol. The zero-order chi connectivity index (χ0) is 32.8. The molecule has 0 unspecified atom stereocenters. The van der Waals surface area contributed by atoms with Gasteiger partial charge in [-0.2, -0.15) is 20.2 Å². The quantitative estimate of drug-likeness (QED) is 0.111. The number of hydrazone groups is 2. The van der Waals surface area contributed by atoms with E-state index in [9.17, 15) is 21.2 Å². The summed E-state index contributed by atoms with van der Waals surface area (Å²) in [4.78, 5) is 9.17. The lowest BCUT2D eigenvalue weighted by Gasteiger charge is -2.11. The molecule has 0 radical (unpaired) electrons. The third-order valence-corrected chi connectivity index (χ3v) is 9.38. The molecule has 0 spiro atoms. The van der Waals surface area contributed by atoms with Crippen LogP contribution < -0.4 is 25.6 Å². The molecule has 0 aliphatic carbocycles. The van der Waals surface area contributed by atoms with Gasteiger partial charge in [0.15, 0.2) is 11.6 Å². The molecule has 45 heavy (non-hydrogen) atoms. The van der Waals surface area contributed by atoms with Gasteiger partial charge >= 0.3 is 0 Å². The molecule has 3 aromatic carbocycles. The van der Waals surface area contributed by atoms with Crippen LogP contribution in [0.1, 0.15) is 30.5 Å². The molecule has 0 aliphatic rings. The average molecular weight is 654 g/mol. The molecule has 0 bridgehead atoms. The maximum Gasteiger partial charge on any atom is 0.240 e. The van der Waals surface area contributed by atoms with Gasteiger partial charge in [-0.25, -0.2) is 30.7 Å². The maximum absolute atomic E-state index is 13.8. The Morgan fingerprint density at radius 3 is 1.53 bits per heavy atom. The zero-order valence-corrected chi connectivity index (χ0v) is 26.7. The van der Waals surface area contributed by atoms with Gasteiger partial charge in [-0.15, -0.1) is 0 Å². The molecule has 0 atom stereocenters. The van der Waals surface area contributed by atoms with E-state index in [4.69, 9.17) is 0 Å². The third kappa shape index (κ3) is 8.45. The topological polar surface area (TPSA) is 179 Å². The second kappa shape index (κ2) is 13.9.